The van der Waals surface area contributed by atoms with Crippen LogP contribution < -0.4 is 11.5 Å². The van der Waals surface area contributed by atoms with Gasteiger partial charge in [-0.3, -0.25) is 14.9 Å². The largest absolute Gasteiger partial charge is 0.459 e. The van der Waals surface area contributed by atoms with Gasteiger partial charge < -0.3 is 21.3 Å². The second-order valence-corrected chi connectivity index (χ2v) is 6.48. The number of esters is 1. The van der Waals surface area contributed by atoms with Gasteiger partial charge in [0.15, 0.2) is 6.04 Å². The Balaban J connectivity index is 1.97. The maximum absolute atomic E-state index is 14.5. The molecule has 0 aliphatic rings. The van der Waals surface area contributed by atoms with Crippen LogP contribution in [0.1, 0.15) is 11.1 Å². The molecule has 0 amide bonds. The SMILES string of the molecule is NC(Cc1ccc([N+](=O)[O-])cc1)C(O)C(F)(F)C(N)C(=O)OCc1ccccc1. The van der Waals surface area contributed by atoms with E-state index in [-0.39, 0.29) is 18.7 Å². The predicted molar refractivity (Wildman–Crippen MR) is 99.9 cm³/mol. The number of hydrogen-bond acceptors (Lipinski definition) is 7. The molecule has 0 aromatic heterocycles. The van der Waals surface area contributed by atoms with E-state index in [0.717, 1.165) is 0 Å². The van der Waals surface area contributed by atoms with Crippen molar-refractivity contribution in [3.8, 4) is 0 Å². The second kappa shape index (κ2) is 9.50. The third-order valence-corrected chi connectivity index (χ3v) is 4.31. The number of aliphatic hydroxyl groups is 1. The third-order valence-electron chi connectivity index (χ3n) is 4.31. The van der Waals surface area contributed by atoms with Gasteiger partial charge in [-0.15, -0.1) is 0 Å². The second-order valence-electron chi connectivity index (χ2n) is 6.48. The molecule has 3 atom stereocenters. The highest BCUT2D eigenvalue weighted by Gasteiger charge is 2.51. The molecule has 0 fully saturated rings. The molecule has 10 heteroatoms. The molecule has 3 unspecified atom stereocenters. The van der Waals surface area contributed by atoms with Crippen LogP contribution in [-0.2, 0) is 22.6 Å². The van der Waals surface area contributed by atoms with Crippen LogP contribution in [0.5, 0.6) is 0 Å². The number of nitro groups is 1. The molecule has 0 saturated heterocycles. The number of carbonyl (C=O) groups is 1. The van der Waals surface area contributed by atoms with Gasteiger partial charge in [-0.1, -0.05) is 42.5 Å². The maximum Gasteiger partial charge on any atom is 0.329 e. The van der Waals surface area contributed by atoms with Crippen molar-refractivity contribution in [2.45, 2.75) is 37.1 Å². The molecule has 2 aromatic carbocycles. The first-order valence-electron chi connectivity index (χ1n) is 8.64. The average molecular weight is 409 g/mol. The van der Waals surface area contributed by atoms with Gasteiger partial charge in [0.25, 0.3) is 11.6 Å². The van der Waals surface area contributed by atoms with Crippen molar-refractivity contribution < 1.29 is 28.3 Å². The van der Waals surface area contributed by atoms with Crippen molar-refractivity contribution in [1.29, 1.82) is 0 Å². The van der Waals surface area contributed by atoms with E-state index in [0.29, 0.717) is 11.1 Å². The number of carbonyl (C=O) groups excluding carboxylic acids is 1. The van der Waals surface area contributed by atoms with Crippen molar-refractivity contribution >= 4 is 11.7 Å². The Morgan fingerprint density at radius 1 is 1.10 bits per heavy atom. The van der Waals surface area contributed by atoms with Crippen molar-refractivity contribution in [1.82, 2.24) is 0 Å². The van der Waals surface area contributed by atoms with Crippen LogP contribution in [0.15, 0.2) is 54.6 Å². The van der Waals surface area contributed by atoms with E-state index in [2.05, 4.69) is 0 Å². The summed E-state index contributed by atoms with van der Waals surface area (Å²) in [4.78, 5) is 21.9. The number of nitro benzene ring substituents is 1. The third kappa shape index (κ3) is 5.76. The van der Waals surface area contributed by atoms with E-state index in [4.69, 9.17) is 16.2 Å². The topological polar surface area (TPSA) is 142 Å². The number of hydrogen-bond donors (Lipinski definition) is 3. The lowest BCUT2D eigenvalue weighted by Crippen LogP contribution is -2.59. The molecule has 0 bridgehead atoms. The standard InChI is InChI=1S/C19H21F2N3O5/c20-19(21,16(23)18(26)29-11-13-4-2-1-3-5-13)17(25)15(22)10-12-6-8-14(9-7-12)24(27)28/h1-9,15-17,25H,10-11,22-23H2. The summed E-state index contributed by atoms with van der Waals surface area (Å²) in [6.07, 6.45) is -2.64. The molecular formula is C19H21F2N3O5. The minimum Gasteiger partial charge on any atom is -0.459 e. The lowest BCUT2D eigenvalue weighted by Gasteiger charge is -2.30. The highest BCUT2D eigenvalue weighted by molar-refractivity contribution is 5.77. The van der Waals surface area contributed by atoms with Crippen molar-refractivity contribution in [3.05, 3.63) is 75.8 Å². The summed E-state index contributed by atoms with van der Waals surface area (Å²) in [6, 6.07) is 9.61. The number of aliphatic hydroxyl groups excluding tert-OH is 1. The van der Waals surface area contributed by atoms with Crippen LogP contribution in [0.3, 0.4) is 0 Å². The van der Waals surface area contributed by atoms with Crippen LogP contribution in [0.25, 0.3) is 0 Å². The number of ether oxygens (including phenoxy) is 1. The first-order chi connectivity index (χ1) is 13.6. The number of halogens is 2. The van der Waals surface area contributed by atoms with E-state index in [9.17, 15) is 28.8 Å². The molecule has 8 nitrogen and oxygen atoms in total. The summed E-state index contributed by atoms with van der Waals surface area (Å²) in [5.41, 5.74) is 11.8. The fraction of sp³-hybridized carbons (Fsp3) is 0.316. The van der Waals surface area contributed by atoms with Crippen LogP contribution in [0.2, 0.25) is 0 Å². The number of nitrogens with two attached hydrogens (primary N) is 2. The van der Waals surface area contributed by atoms with Gasteiger partial charge >= 0.3 is 5.97 Å². The molecule has 0 saturated carbocycles. The van der Waals surface area contributed by atoms with Crippen molar-refractivity contribution in [3.63, 3.8) is 0 Å². The summed E-state index contributed by atoms with van der Waals surface area (Å²) < 4.78 is 33.7. The highest BCUT2D eigenvalue weighted by atomic mass is 19.3. The van der Waals surface area contributed by atoms with Crippen molar-refractivity contribution in [2.24, 2.45) is 11.5 Å². The zero-order chi connectivity index (χ0) is 21.6. The number of alkyl halides is 2. The quantitative estimate of drug-likeness (QED) is 0.324. The average Bonchev–Trinajstić information content (AvgIpc) is 2.71. The first-order valence-corrected chi connectivity index (χ1v) is 8.64. The van der Waals surface area contributed by atoms with Crippen LogP contribution in [-0.4, -0.2) is 40.1 Å². The highest BCUT2D eigenvalue weighted by Crippen LogP contribution is 2.26. The minimum absolute atomic E-state index is 0.170. The zero-order valence-corrected chi connectivity index (χ0v) is 15.3. The Morgan fingerprint density at radius 2 is 1.69 bits per heavy atom. The molecule has 2 aromatic rings. The molecule has 2 rings (SSSR count). The molecule has 5 N–H and O–H groups in total. The molecule has 0 heterocycles. The lowest BCUT2D eigenvalue weighted by atomic mass is 9.94. The van der Waals surface area contributed by atoms with Crippen LogP contribution in [0.4, 0.5) is 14.5 Å². The van der Waals surface area contributed by atoms with Gasteiger partial charge in [-0.25, -0.2) is 8.78 Å². The fourth-order valence-electron chi connectivity index (χ4n) is 2.58. The Kier molecular flexibility index (Phi) is 7.32. The van der Waals surface area contributed by atoms with E-state index in [1.165, 1.54) is 24.3 Å². The van der Waals surface area contributed by atoms with E-state index in [1.54, 1.807) is 30.3 Å². The van der Waals surface area contributed by atoms with Gasteiger partial charge in [0, 0.05) is 18.2 Å². The summed E-state index contributed by atoms with van der Waals surface area (Å²) in [5.74, 6) is -5.42. The van der Waals surface area contributed by atoms with Crippen molar-refractivity contribution in [2.75, 3.05) is 0 Å². The fourth-order valence-corrected chi connectivity index (χ4v) is 2.58. The lowest BCUT2D eigenvalue weighted by molar-refractivity contribution is -0.384. The molecule has 0 spiro atoms. The monoisotopic (exact) mass is 409 g/mol. The van der Waals surface area contributed by atoms with Gasteiger partial charge in [0.05, 0.1) is 4.92 Å². The zero-order valence-electron chi connectivity index (χ0n) is 15.3. The number of benzene rings is 2. The Bertz CT molecular complexity index is 833. The van der Waals surface area contributed by atoms with Gasteiger partial charge in [-0.05, 0) is 17.5 Å². The summed E-state index contributed by atoms with van der Waals surface area (Å²) >= 11 is 0. The molecule has 0 aliphatic carbocycles. The predicted octanol–water partition coefficient (Wildman–Crippen LogP) is 1.53. The normalized spacial score (nSPS) is 14.7. The Labute approximate surface area is 165 Å². The Morgan fingerprint density at radius 3 is 2.24 bits per heavy atom. The Hall–Kier alpha value is -2.95. The molecule has 156 valence electrons. The van der Waals surface area contributed by atoms with Gasteiger partial charge in [0.2, 0.25) is 0 Å². The molecule has 0 aliphatic heterocycles. The van der Waals surface area contributed by atoms with E-state index >= 15 is 0 Å². The minimum atomic E-state index is -4.05. The smallest absolute Gasteiger partial charge is 0.329 e. The molecule has 29 heavy (non-hydrogen) atoms. The van der Waals surface area contributed by atoms with E-state index in [1.807, 2.05) is 0 Å². The summed E-state index contributed by atoms with van der Waals surface area (Å²) in [5, 5.41) is 20.6. The van der Waals surface area contributed by atoms with Crippen LogP contribution in [0, 0.1) is 10.1 Å². The molecular weight excluding hydrogens is 388 g/mol. The summed E-state index contributed by atoms with van der Waals surface area (Å²) in [7, 11) is 0. The first kappa shape index (κ1) is 22.3. The number of rotatable bonds is 9. The van der Waals surface area contributed by atoms with Gasteiger partial charge in [0.1, 0.15) is 12.7 Å². The maximum atomic E-state index is 14.5. The van der Waals surface area contributed by atoms with Gasteiger partial charge in [-0.2, -0.15) is 0 Å². The number of nitrogens with zero attached hydrogens (tertiary/aromatic N) is 1. The molecule has 0 radical (unpaired) electrons. The number of non-ortho nitro benzene ring substituents is 1. The van der Waals surface area contributed by atoms with E-state index < -0.39 is 35.0 Å². The van der Waals surface area contributed by atoms with Crippen LogP contribution >= 0.6 is 0 Å². The summed E-state index contributed by atoms with van der Waals surface area (Å²) in [6.45, 7) is -0.242.